The van der Waals surface area contributed by atoms with Crippen molar-refractivity contribution in [3.63, 3.8) is 0 Å². The SMILES string of the molecule is COc1cc(/C=C/C(=O)Nc2cccc(SC)c2)cc2c1OCCO2. The van der Waals surface area contributed by atoms with E-state index in [-0.39, 0.29) is 5.91 Å². The molecule has 3 rings (SSSR count). The maximum Gasteiger partial charge on any atom is 0.248 e. The number of amides is 1. The Labute approximate surface area is 151 Å². The van der Waals surface area contributed by atoms with Crippen LogP contribution in [0.15, 0.2) is 47.4 Å². The molecule has 25 heavy (non-hydrogen) atoms. The van der Waals surface area contributed by atoms with Crippen molar-refractivity contribution in [3.8, 4) is 17.2 Å². The fourth-order valence-electron chi connectivity index (χ4n) is 2.45. The molecule has 1 heterocycles. The molecule has 1 aliphatic rings. The summed E-state index contributed by atoms with van der Waals surface area (Å²) < 4.78 is 16.5. The van der Waals surface area contributed by atoms with Crippen LogP contribution in [0.2, 0.25) is 0 Å². The molecule has 0 spiro atoms. The minimum atomic E-state index is -0.202. The first-order valence-corrected chi connectivity index (χ1v) is 9.03. The molecule has 0 aromatic heterocycles. The van der Waals surface area contributed by atoms with Crippen LogP contribution in [0.25, 0.3) is 6.08 Å². The highest BCUT2D eigenvalue weighted by atomic mass is 32.2. The number of carbonyl (C=O) groups excluding carboxylic acids is 1. The molecule has 0 saturated carbocycles. The normalized spacial score (nSPS) is 12.9. The van der Waals surface area contributed by atoms with Crippen LogP contribution < -0.4 is 19.5 Å². The molecule has 0 radical (unpaired) electrons. The van der Waals surface area contributed by atoms with Crippen molar-refractivity contribution in [2.24, 2.45) is 0 Å². The van der Waals surface area contributed by atoms with Gasteiger partial charge in [-0.15, -0.1) is 11.8 Å². The molecule has 2 aromatic rings. The third-order valence-corrected chi connectivity index (χ3v) is 4.34. The Morgan fingerprint density at radius 2 is 2.08 bits per heavy atom. The second kappa shape index (κ2) is 7.98. The van der Waals surface area contributed by atoms with E-state index < -0.39 is 0 Å². The summed E-state index contributed by atoms with van der Waals surface area (Å²) in [6.45, 7) is 0.992. The van der Waals surface area contributed by atoms with E-state index in [9.17, 15) is 4.79 Å². The maximum atomic E-state index is 12.1. The van der Waals surface area contributed by atoms with Crippen LogP contribution in [-0.2, 0) is 4.79 Å². The predicted octanol–water partition coefficient (Wildman–Crippen LogP) is 3.84. The van der Waals surface area contributed by atoms with Crippen molar-refractivity contribution in [1.82, 2.24) is 0 Å². The van der Waals surface area contributed by atoms with Crippen molar-refractivity contribution in [2.75, 3.05) is 31.9 Å². The van der Waals surface area contributed by atoms with E-state index in [1.54, 1.807) is 24.9 Å². The molecule has 0 bridgehead atoms. The molecule has 2 aromatic carbocycles. The first kappa shape index (κ1) is 17.2. The number of hydrogen-bond acceptors (Lipinski definition) is 5. The Hall–Kier alpha value is -2.60. The number of hydrogen-bond donors (Lipinski definition) is 1. The smallest absolute Gasteiger partial charge is 0.248 e. The molecule has 130 valence electrons. The first-order chi connectivity index (χ1) is 12.2. The summed E-state index contributed by atoms with van der Waals surface area (Å²) in [5.74, 6) is 1.61. The van der Waals surface area contributed by atoms with Gasteiger partial charge in [0.05, 0.1) is 7.11 Å². The lowest BCUT2D eigenvalue weighted by molar-refractivity contribution is -0.111. The van der Waals surface area contributed by atoms with E-state index in [1.165, 1.54) is 6.08 Å². The van der Waals surface area contributed by atoms with E-state index in [1.807, 2.05) is 42.7 Å². The predicted molar refractivity (Wildman–Crippen MR) is 99.9 cm³/mol. The van der Waals surface area contributed by atoms with Gasteiger partial charge in [0.2, 0.25) is 11.7 Å². The van der Waals surface area contributed by atoms with Gasteiger partial charge in [-0.05, 0) is 48.2 Å². The second-order valence-electron chi connectivity index (χ2n) is 5.30. The summed E-state index contributed by atoms with van der Waals surface area (Å²) in [7, 11) is 1.58. The first-order valence-electron chi connectivity index (χ1n) is 7.80. The van der Waals surface area contributed by atoms with Crippen molar-refractivity contribution < 1.29 is 19.0 Å². The lowest BCUT2D eigenvalue weighted by Crippen LogP contribution is -2.16. The van der Waals surface area contributed by atoms with E-state index in [4.69, 9.17) is 14.2 Å². The van der Waals surface area contributed by atoms with Gasteiger partial charge in [-0.1, -0.05) is 6.07 Å². The maximum absolute atomic E-state index is 12.1. The van der Waals surface area contributed by atoms with E-state index in [0.717, 1.165) is 16.1 Å². The Morgan fingerprint density at radius 1 is 1.24 bits per heavy atom. The zero-order chi connectivity index (χ0) is 17.6. The van der Waals surface area contributed by atoms with Gasteiger partial charge in [0.25, 0.3) is 0 Å². The molecule has 1 N–H and O–H groups in total. The Kier molecular flexibility index (Phi) is 5.50. The number of nitrogens with one attached hydrogen (secondary N) is 1. The number of benzene rings is 2. The monoisotopic (exact) mass is 357 g/mol. The molecule has 5 nitrogen and oxygen atoms in total. The average Bonchev–Trinajstić information content (AvgIpc) is 2.65. The third kappa shape index (κ3) is 4.28. The van der Waals surface area contributed by atoms with Gasteiger partial charge in [0.1, 0.15) is 13.2 Å². The molecule has 0 fully saturated rings. The summed E-state index contributed by atoms with van der Waals surface area (Å²) in [4.78, 5) is 13.2. The summed E-state index contributed by atoms with van der Waals surface area (Å²) in [5.41, 5.74) is 1.57. The van der Waals surface area contributed by atoms with Crippen LogP contribution in [0, 0.1) is 0 Å². The molecule has 0 aliphatic carbocycles. The minimum absolute atomic E-state index is 0.202. The number of rotatable bonds is 5. The number of methoxy groups -OCH3 is 1. The van der Waals surface area contributed by atoms with Gasteiger partial charge < -0.3 is 19.5 Å². The number of anilines is 1. The fourth-order valence-corrected chi connectivity index (χ4v) is 2.91. The van der Waals surface area contributed by atoms with Crippen molar-refractivity contribution in [3.05, 3.63) is 48.0 Å². The zero-order valence-corrected chi connectivity index (χ0v) is 14.9. The average molecular weight is 357 g/mol. The van der Waals surface area contributed by atoms with E-state index in [2.05, 4.69) is 5.32 Å². The van der Waals surface area contributed by atoms with Gasteiger partial charge >= 0.3 is 0 Å². The van der Waals surface area contributed by atoms with E-state index in [0.29, 0.717) is 30.5 Å². The molecular formula is C19H19NO4S. The van der Waals surface area contributed by atoms with Crippen LogP contribution in [0.4, 0.5) is 5.69 Å². The second-order valence-corrected chi connectivity index (χ2v) is 6.18. The Bertz CT molecular complexity index is 787. The van der Waals surface area contributed by atoms with Crippen molar-refractivity contribution >= 4 is 29.4 Å². The molecule has 0 saturated heterocycles. The number of carbonyl (C=O) groups is 1. The van der Waals surface area contributed by atoms with Crippen LogP contribution in [0.1, 0.15) is 5.56 Å². The highest BCUT2D eigenvalue weighted by Gasteiger charge is 2.17. The van der Waals surface area contributed by atoms with Gasteiger partial charge in [0.15, 0.2) is 11.5 Å². The molecule has 0 unspecified atom stereocenters. The lowest BCUT2D eigenvalue weighted by Gasteiger charge is -2.20. The minimum Gasteiger partial charge on any atom is -0.493 e. The Balaban J connectivity index is 1.73. The fraction of sp³-hybridized carbons (Fsp3) is 0.211. The zero-order valence-electron chi connectivity index (χ0n) is 14.1. The van der Waals surface area contributed by atoms with Gasteiger partial charge in [-0.2, -0.15) is 0 Å². The van der Waals surface area contributed by atoms with Crippen LogP contribution >= 0.6 is 11.8 Å². The summed E-state index contributed by atoms with van der Waals surface area (Å²) in [5, 5.41) is 2.85. The van der Waals surface area contributed by atoms with Gasteiger partial charge in [-0.3, -0.25) is 4.79 Å². The summed E-state index contributed by atoms with van der Waals surface area (Å²) in [6.07, 6.45) is 5.20. The molecule has 6 heteroatoms. The highest BCUT2D eigenvalue weighted by Crippen LogP contribution is 2.40. The largest absolute Gasteiger partial charge is 0.493 e. The van der Waals surface area contributed by atoms with Crippen molar-refractivity contribution in [2.45, 2.75) is 4.90 Å². The number of fused-ring (bicyclic) bond motifs is 1. The van der Waals surface area contributed by atoms with Crippen LogP contribution in [0.3, 0.4) is 0 Å². The number of ether oxygens (including phenoxy) is 3. The van der Waals surface area contributed by atoms with Crippen LogP contribution in [-0.4, -0.2) is 32.5 Å². The highest BCUT2D eigenvalue weighted by molar-refractivity contribution is 7.98. The number of thioether (sulfide) groups is 1. The molecule has 1 amide bonds. The molecular weight excluding hydrogens is 338 g/mol. The summed E-state index contributed by atoms with van der Waals surface area (Å²) >= 11 is 1.63. The molecule has 0 atom stereocenters. The quantitative estimate of drug-likeness (QED) is 0.651. The van der Waals surface area contributed by atoms with Crippen molar-refractivity contribution in [1.29, 1.82) is 0 Å². The van der Waals surface area contributed by atoms with E-state index >= 15 is 0 Å². The Morgan fingerprint density at radius 3 is 2.88 bits per heavy atom. The standard InChI is InChI=1S/C19H19NO4S/c1-22-16-10-13(11-17-19(16)24-9-8-23-17)6-7-18(21)20-14-4-3-5-15(12-14)25-2/h3-7,10-12H,8-9H2,1-2H3,(H,20,21)/b7-6+. The van der Waals surface area contributed by atoms with Crippen LogP contribution in [0.5, 0.6) is 17.2 Å². The lowest BCUT2D eigenvalue weighted by atomic mass is 10.1. The topological polar surface area (TPSA) is 56.8 Å². The van der Waals surface area contributed by atoms with Gasteiger partial charge in [0, 0.05) is 16.7 Å². The summed E-state index contributed by atoms with van der Waals surface area (Å²) in [6, 6.07) is 11.3. The molecule has 1 aliphatic heterocycles. The third-order valence-electron chi connectivity index (χ3n) is 3.61. The van der Waals surface area contributed by atoms with Gasteiger partial charge in [-0.25, -0.2) is 0 Å².